The van der Waals surface area contributed by atoms with E-state index < -0.39 is 0 Å². The van der Waals surface area contributed by atoms with E-state index in [1.54, 1.807) is 0 Å². The Hall–Kier alpha value is -1.85. The highest BCUT2D eigenvalue weighted by Crippen LogP contribution is 2.40. The smallest absolute Gasteiger partial charge is 0.267 e. The molecular formula is C23H23BrN2OS. The van der Waals surface area contributed by atoms with Crippen molar-refractivity contribution < 1.29 is 4.79 Å². The highest BCUT2D eigenvalue weighted by atomic mass is 79.9. The van der Waals surface area contributed by atoms with Crippen LogP contribution in [0.1, 0.15) is 38.2 Å². The van der Waals surface area contributed by atoms with Gasteiger partial charge < -0.3 is 0 Å². The number of hydrogen-bond donors (Lipinski definition) is 0. The summed E-state index contributed by atoms with van der Waals surface area (Å²) >= 11 is 4.96. The lowest BCUT2D eigenvalue weighted by molar-refractivity contribution is -0.124. The third kappa shape index (κ3) is 4.26. The molecule has 0 bridgehead atoms. The molecule has 0 N–H and O–H groups in total. The number of amides is 1. The number of rotatable bonds is 3. The highest BCUT2D eigenvalue weighted by molar-refractivity contribution is 9.10. The fourth-order valence-electron chi connectivity index (χ4n) is 3.86. The summed E-state index contributed by atoms with van der Waals surface area (Å²) in [5.74, 6) is 0.577. The molecule has 1 heterocycles. The first-order valence-corrected chi connectivity index (χ1v) is 11.4. The zero-order valence-corrected chi connectivity index (χ0v) is 18.2. The quantitative estimate of drug-likeness (QED) is 0.487. The maximum Gasteiger partial charge on any atom is 0.267 e. The van der Waals surface area contributed by atoms with Crippen LogP contribution in [0.5, 0.6) is 0 Å². The van der Waals surface area contributed by atoms with Crippen LogP contribution in [0.3, 0.4) is 0 Å². The topological polar surface area (TPSA) is 32.7 Å². The Balaban J connectivity index is 1.71. The SMILES string of the molecule is C[C@H]1CCCC[C@H]1N1C(=O)/C(=C/c2ccc(Br)cc2)SC1=Nc1ccccc1. The Morgan fingerprint density at radius 1 is 1.07 bits per heavy atom. The summed E-state index contributed by atoms with van der Waals surface area (Å²) in [6.45, 7) is 2.26. The molecule has 1 saturated carbocycles. The van der Waals surface area contributed by atoms with E-state index in [1.165, 1.54) is 31.0 Å². The molecule has 2 atom stereocenters. The number of benzene rings is 2. The molecule has 1 amide bonds. The summed E-state index contributed by atoms with van der Waals surface area (Å²) in [5, 5.41) is 0.804. The van der Waals surface area contributed by atoms with Crippen LogP contribution in [0.2, 0.25) is 0 Å². The molecule has 5 heteroatoms. The lowest BCUT2D eigenvalue weighted by Gasteiger charge is -2.35. The van der Waals surface area contributed by atoms with Gasteiger partial charge in [0.25, 0.3) is 5.91 Å². The molecule has 0 aromatic heterocycles. The second-order valence-electron chi connectivity index (χ2n) is 7.40. The van der Waals surface area contributed by atoms with Crippen molar-refractivity contribution in [2.75, 3.05) is 0 Å². The van der Waals surface area contributed by atoms with Gasteiger partial charge in [-0.3, -0.25) is 9.69 Å². The molecule has 144 valence electrons. The zero-order chi connectivity index (χ0) is 19.5. The van der Waals surface area contributed by atoms with Gasteiger partial charge in [-0.15, -0.1) is 0 Å². The molecule has 2 aliphatic rings. The summed E-state index contributed by atoms with van der Waals surface area (Å²) in [6.07, 6.45) is 6.62. The number of carbonyl (C=O) groups is 1. The molecule has 1 aliphatic heterocycles. The van der Waals surface area contributed by atoms with Gasteiger partial charge >= 0.3 is 0 Å². The molecule has 1 saturated heterocycles. The highest BCUT2D eigenvalue weighted by Gasteiger charge is 2.40. The monoisotopic (exact) mass is 454 g/mol. The number of halogens is 1. The fraction of sp³-hybridized carbons (Fsp3) is 0.304. The standard InChI is InChI=1S/C23H23BrN2OS/c1-16-7-5-6-10-20(16)26-22(27)21(15-17-11-13-18(24)14-12-17)28-23(26)25-19-8-3-2-4-9-19/h2-4,8-9,11-16,20H,5-7,10H2,1H3/b21-15-,25-23?/t16-,20+/m0/s1. The lowest BCUT2D eigenvalue weighted by Crippen LogP contribution is -2.44. The predicted octanol–water partition coefficient (Wildman–Crippen LogP) is 6.63. The summed E-state index contributed by atoms with van der Waals surface area (Å²) in [5.41, 5.74) is 1.91. The van der Waals surface area contributed by atoms with Crippen molar-refractivity contribution in [1.29, 1.82) is 0 Å². The van der Waals surface area contributed by atoms with Crippen LogP contribution < -0.4 is 0 Å². The maximum absolute atomic E-state index is 13.4. The normalized spacial score (nSPS) is 25.6. The van der Waals surface area contributed by atoms with E-state index in [0.29, 0.717) is 5.92 Å². The van der Waals surface area contributed by atoms with E-state index in [4.69, 9.17) is 4.99 Å². The maximum atomic E-state index is 13.4. The lowest BCUT2D eigenvalue weighted by atomic mass is 9.85. The minimum Gasteiger partial charge on any atom is -0.283 e. The number of para-hydroxylation sites is 1. The van der Waals surface area contributed by atoms with Crippen LogP contribution in [0.25, 0.3) is 6.08 Å². The van der Waals surface area contributed by atoms with Gasteiger partial charge in [0.2, 0.25) is 0 Å². The number of hydrogen-bond acceptors (Lipinski definition) is 3. The molecule has 28 heavy (non-hydrogen) atoms. The summed E-state index contributed by atoms with van der Waals surface area (Å²) in [6, 6.07) is 18.2. The number of nitrogens with zero attached hydrogens (tertiary/aromatic N) is 2. The van der Waals surface area contributed by atoms with E-state index in [1.807, 2.05) is 65.6 Å². The summed E-state index contributed by atoms with van der Waals surface area (Å²) < 4.78 is 1.03. The average Bonchev–Trinajstić information content (AvgIpc) is 3.00. The first-order chi connectivity index (χ1) is 13.6. The van der Waals surface area contributed by atoms with Gasteiger partial charge in [0.15, 0.2) is 5.17 Å². The van der Waals surface area contributed by atoms with Crippen molar-refractivity contribution >= 4 is 50.5 Å². The second-order valence-corrected chi connectivity index (χ2v) is 9.32. The largest absolute Gasteiger partial charge is 0.283 e. The number of thioether (sulfide) groups is 1. The molecule has 1 aliphatic carbocycles. The van der Waals surface area contributed by atoms with Crippen LogP contribution in [-0.2, 0) is 4.79 Å². The Bertz CT molecular complexity index is 908. The Kier molecular flexibility index (Phi) is 6.02. The Morgan fingerprint density at radius 2 is 1.79 bits per heavy atom. The van der Waals surface area contributed by atoms with Crippen molar-refractivity contribution in [2.24, 2.45) is 10.9 Å². The van der Waals surface area contributed by atoms with Crippen LogP contribution >= 0.6 is 27.7 Å². The third-order valence-corrected chi connectivity index (χ3v) is 6.90. The van der Waals surface area contributed by atoms with Crippen molar-refractivity contribution in [3.05, 3.63) is 69.5 Å². The molecular weight excluding hydrogens is 432 g/mol. The van der Waals surface area contributed by atoms with E-state index in [0.717, 1.165) is 32.2 Å². The van der Waals surface area contributed by atoms with Crippen molar-refractivity contribution in [3.63, 3.8) is 0 Å². The van der Waals surface area contributed by atoms with E-state index in [-0.39, 0.29) is 11.9 Å². The van der Waals surface area contributed by atoms with Crippen LogP contribution in [0.4, 0.5) is 5.69 Å². The van der Waals surface area contributed by atoms with Gasteiger partial charge in [-0.05, 0) is 66.4 Å². The van der Waals surface area contributed by atoms with Gasteiger partial charge in [-0.2, -0.15) is 0 Å². The molecule has 0 unspecified atom stereocenters. The van der Waals surface area contributed by atoms with Gasteiger partial charge in [0.1, 0.15) is 0 Å². The number of aliphatic imine (C=N–C) groups is 1. The van der Waals surface area contributed by atoms with Crippen LogP contribution in [0, 0.1) is 5.92 Å². The van der Waals surface area contributed by atoms with Crippen molar-refractivity contribution in [2.45, 2.75) is 38.6 Å². The van der Waals surface area contributed by atoms with Crippen molar-refractivity contribution in [3.8, 4) is 0 Å². The fourth-order valence-corrected chi connectivity index (χ4v) is 5.17. The van der Waals surface area contributed by atoms with Gasteiger partial charge in [-0.1, -0.05) is 66.0 Å². The molecule has 2 aromatic rings. The minimum absolute atomic E-state index is 0.0846. The first kappa shape index (κ1) is 19.5. The summed E-state index contributed by atoms with van der Waals surface area (Å²) in [4.78, 5) is 20.9. The average molecular weight is 455 g/mol. The summed E-state index contributed by atoms with van der Waals surface area (Å²) in [7, 11) is 0. The minimum atomic E-state index is 0.0846. The van der Waals surface area contributed by atoms with Crippen molar-refractivity contribution in [1.82, 2.24) is 4.90 Å². The predicted molar refractivity (Wildman–Crippen MR) is 122 cm³/mol. The van der Waals surface area contributed by atoms with E-state index in [9.17, 15) is 4.79 Å². The van der Waals surface area contributed by atoms with Gasteiger partial charge in [-0.25, -0.2) is 4.99 Å². The van der Waals surface area contributed by atoms with Gasteiger partial charge in [0.05, 0.1) is 10.6 Å². The number of carbonyl (C=O) groups excluding carboxylic acids is 1. The van der Waals surface area contributed by atoms with E-state index >= 15 is 0 Å². The van der Waals surface area contributed by atoms with Crippen LogP contribution in [-0.4, -0.2) is 22.0 Å². The second kappa shape index (κ2) is 8.66. The molecule has 0 radical (unpaired) electrons. The molecule has 4 rings (SSSR count). The zero-order valence-electron chi connectivity index (χ0n) is 15.8. The Labute approximate surface area is 179 Å². The number of amidine groups is 1. The van der Waals surface area contributed by atoms with Crippen LogP contribution in [0.15, 0.2) is 69.0 Å². The third-order valence-electron chi connectivity index (χ3n) is 5.38. The molecule has 2 fully saturated rings. The Morgan fingerprint density at radius 3 is 2.50 bits per heavy atom. The van der Waals surface area contributed by atoms with E-state index in [2.05, 4.69) is 22.9 Å². The first-order valence-electron chi connectivity index (χ1n) is 9.74. The molecule has 0 spiro atoms. The molecule has 2 aromatic carbocycles. The molecule has 3 nitrogen and oxygen atoms in total. The van der Waals surface area contributed by atoms with Gasteiger partial charge in [0, 0.05) is 10.5 Å².